The van der Waals surface area contributed by atoms with Crippen LogP contribution >= 0.6 is 23.1 Å². The minimum Gasteiger partial charge on any atom is -1.00 e. The third-order valence-corrected chi connectivity index (χ3v) is 4.63. The molecule has 2 aromatic rings. The van der Waals surface area contributed by atoms with Gasteiger partial charge in [0.25, 0.3) is 4.34 Å². The molecule has 92 valence electrons. The van der Waals surface area contributed by atoms with Crippen LogP contribution in [0, 0.1) is 0 Å². The quantitative estimate of drug-likeness (QED) is 0.599. The van der Waals surface area contributed by atoms with Crippen molar-refractivity contribution in [2.24, 2.45) is 0 Å². The van der Waals surface area contributed by atoms with Gasteiger partial charge in [-0.3, -0.25) is 4.79 Å². The van der Waals surface area contributed by atoms with Gasteiger partial charge in [-0.05, 0) is 24.8 Å². The summed E-state index contributed by atoms with van der Waals surface area (Å²) in [5.74, 6) is -0.655. The molecule has 0 amide bonds. The van der Waals surface area contributed by atoms with Gasteiger partial charge in [0.15, 0.2) is 0 Å². The Hall–Kier alpha value is -0.590. The highest BCUT2D eigenvalue weighted by atomic mass is 79.9. The number of benzene rings is 1. The maximum absolute atomic E-state index is 10.6. The van der Waals surface area contributed by atoms with Crippen molar-refractivity contribution in [3.05, 3.63) is 24.3 Å². The lowest BCUT2D eigenvalue weighted by Crippen LogP contribution is -3.00. The number of carboxylic acids is 1. The number of thioether (sulfide) groups is 1. The zero-order valence-electron chi connectivity index (χ0n) is 9.22. The van der Waals surface area contributed by atoms with Crippen molar-refractivity contribution < 1.29 is 31.4 Å². The molecular weight excluding hydrogens is 322 g/mol. The molecule has 2 rings (SSSR count). The Morgan fingerprint density at radius 3 is 2.82 bits per heavy atom. The lowest BCUT2D eigenvalue weighted by atomic mass is 10.3. The molecular formula is C11H12BrNO2S2. The van der Waals surface area contributed by atoms with Gasteiger partial charge in [-0.15, -0.1) is 0 Å². The molecule has 0 atom stereocenters. The van der Waals surface area contributed by atoms with Crippen LogP contribution in [0.15, 0.2) is 28.6 Å². The monoisotopic (exact) mass is 333 g/mol. The molecule has 0 unspecified atom stereocenters. The number of halogens is 1. The van der Waals surface area contributed by atoms with Gasteiger partial charge in [0.05, 0.1) is 0 Å². The topological polar surface area (TPSA) is 41.2 Å². The lowest BCUT2D eigenvalue weighted by molar-refractivity contribution is -0.698. The number of aliphatic carboxylic acids is 1. The number of aryl methyl sites for hydroxylation is 1. The summed E-state index contributed by atoms with van der Waals surface area (Å²) < 4.78 is 4.43. The molecule has 1 aromatic heterocycles. The number of hydrogen-bond donors (Lipinski definition) is 1. The van der Waals surface area contributed by atoms with E-state index in [9.17, 15) is 4.79 Å². The van der Waals surface area contributed by atoms with E-state index >= 15 is 0 Å². The Labute approximate surface area is 118 Å². The van der Waals surface area contributed by atoms with E-state index in [0.29, 0.717) is 0 Å². The number of thiazole rings is 1. The van der Waals surface area contributed by atoms with Gasteiger partial charge in [-0.1, -0.05) is 23.5 Å². The first-order valence-corrected chi connectivity index (χ1v) is 6.78. The van der Waals surface area contributed by atoms with Crippen molar-refractivity contribution in [2.75, 3.05) is 5.75 Å². The second-order valence-corrected chi connectivity index (χ2v) is 5.52. The zero-order valence-corrected chi connectivity index (χ0v) is 12.4. The Kier molecular flexibility index (Phi) is 5.42. The van der Waals surface area contributed by atoms with Crippen LogP contribution < -0.4 is 21.5 Å². The number of aromatic nitrogens is 1. The summed E-state index contributed by atoms with van der Waals surface area (Å²) in [4.78, 5) is 10.6. The number of fused-ring (bicyclic) bond motifs is 1. The van der Waals surface area contributed by atoms with E-state index in [1.165, 1.54) is 22.0 Å². The Morgan fingerprint density at radius 1 is 1.47 bits per heavy atom. The molecule has 0 aliphatic carbocycles. The Morgan fingerprint density at radius 2 is 2.18 bits per heavy atom. The SMILES string of the molecule is CC[n+]1c(SCC(=O)O)sc2ccccc21.[Br-]. The molecule has 0 saturated carbocycles. The molecule has 0 aliphatic rings. The summed E-state index contributed by atoms with van der Waals surface area (Å²) in [6, 6.07) is 8.15. The van der Waals surface area contributed by atoms with Crippen molar-refractivity contribution in [3.8, 4) is 0 Å². The summed E-state index contributed by atoms with van der Waals surface area (Å²) in [6.45, 7) is 2.94. The molecule has 17 heavy (non-hydrogen) atoms. The van der Waals surface area contributed by atoms with E-state index in [-0.39, 0.29) is 22.7 Å². The highest BCUT2D eigenvalue weighted by molar-refractivity contribution is 8.01. The van der Waals surface area contributed by atoms with Crippen molar-refractivity contribution in [2.45, 2.75) is 17.8 Å². The summed E-state index contributed by atoms with van der Waals surface area (Å²) in [5.41, 5.74) is 1.18. The third kappa shape index (κ3) is 3.20. The minimum absolute atomic E-state index is 0. The smallest absolute Gasteiger partial charge is 0.314 e. The maximum Gasteiger partial charge on any atom is 0.314 e. The zero-order chi connectivity index (χ0) is 11.5. The maximum atomic E-state index is 10.6. The molecule has 0 aliphatic heterocycles. The molecule has 0 saturated heterocycles. The van der Waals surface area contributed by atoms with E-state index in [1.54, 1.807) is 11.3 Å². The molecule has 0 radical (unpaired) electrons. The number of hydrogen-bond acceptors (Lipinski definition) is 3. The van der Waals surface area contributed by atoms with E-state index in [0.717, 1.165) is 10.9 Å². The molecule has 3 nitrogen and oxygen atoms in total. The van der Waals surface area contributed by atoms with Crippen LogP contribution in [-0.2, 0) is 11.3 Å². The molecule has 1 aromatic carbocycles. The third-order valence-electron chi connectivity index (χ3n) is 2.21. The summed E-state index contributed by atoms with van der Waals surface area (Å²) >= 11 is 3.04. The standard InChI is InChI=1S/C11H11NO2S2.BrH/c1-2-12-8-5-3-4-6-9(8)16-11(12)15-7-10(13)14;/h3-6H,2,7H2,1H3;1H. The van der Waals surface area contributed by atoms with Crippen LogP contribution in [0.2, 0.25) is 0 Å². The highest BCUT2D eigenvalue weighted by Gasteiger charge is 2.19. The molecule has 6 heteroatoms. The molecule has 0 spiro atoms. The van der Waals surface area contributed by atoms with Crippen molar-refractivity contribution in [1.29, 1.82) is 0 Å². The lowest BCUT2D eigenvalue weighted by Gasteiger charge is -1.93. The van der Waals surface area contributed by atoms with Gasteiger partial charge in [-0.25, -0.2) is 0 Å². The van der Waals surface area contributed by atoms with Crippen molar-refractivity contribution in [1.82, 2.24) is 0 Å². The fourth-order valence-electron chi connectivity index (χ4n) is 1.54. The number of rotatable bonds is 4. The molecule has 0 bridgehead atoms. The fraction of sp³-hybridized carbons (Fsp3) is 0.273. The number of nitrogens with zero attached hydrogens (tertiary/aromatic N) is 1. The van der Waals surface area contributed by atoms with Gasteiger partial charge in [0, 0.05) is 6.07 Å². The minimum atomic E-state index is -0.773. The van der Waals surface area contributed by atoms with Gasteiger partial charge in [-0.2, -0.15) is 4.57 Å². The number of carbonyl (C=O) groups is 1. The van der Waals surface area contributed by atoms with Crippen LogP contribution in [0.4, 0.5) is 0 Å². The van der Waals surface area contributed by atoms with E-state index in [4.69, 9.17) is 5.11 Å². The second-order valence-electron chi connectivity index (χ2n) is 3.26. The Bertz CT molecular complexity index is 527. The largest absolute Gasteiger partial charge is 1.00 e. The summed E-state index contributed by atoms with van der Waals surface area (Å²) in [7, 11) is 0. The molecule has 1 N–H and O–H groups in total. The van der Waals surface area contributed by atoms with Gasteiger partial charge >= 0.3 is 5.97 Å². The van der Waals surface area contributed by atoms with Crippen LogP contribution in [0.3, 0.4) is 0 Å². The normalized spacial score (nSPS) is 10.2. The van der Waals surface area contributed by atoms with Crippen LogP contribution in [-0.4, -0.2) is 16.8 Å². The second kappa shape index (κ2) is 6.37. The summed E-state index contributed by atoms with van der Waals surface area (Å²) in [6.07, 6.45) is 0. The fourth-order valence-corrected chi connectivity index (χ4v) is 3.81. The number of carboxylic acid groups (broad SMARTS) is 1. The first-order valence-electron chi connectivity index (χ1n) is 4.98. The first-order chi connectivity index (χ1) is 7.72. The van der Waals surface area contributed by atoms with Crippen LogP contribution in [0.25, 0.3) is 10.2 Å². The van der Waals surface area contributed by atoms with Crippen molar-refractivity contribution >= 4 is 39.3 Å². The van der Waals surface area contributed by atoms with E-state index in [1.807, 2.05) is 12.1 Å². The van der Waals surface area contributed by atoms with Crippen LogP contribution in [0.5, 0.6) is 0 Å². The average molecular weight is 334 g/mol. The van der Waals surface area contributed by atoms with E-state index < -0.39 is 5.97 Å². The van der Waals surface area contributed by atoms with Gasteiger partial charge in [0.1, 0.15) is 17.0 Å². The molecule has 1 heterocycles. The van der Waals surface area contributed by atoms with Gasteiger partial charge < -0.3 is 22.1 Å². The highest BCUT2D eigenvalue weighted by Crippen LogP contribution is 2.27. The van der Waals surface area contributed by atoms with E-state index in [2.05, 4.69) is 23.6 Å². The van der Waals surface area contributed by atoms with Gasteiger partial charge in [0.2, 0.25) is 5.52 Å². The van der Waals surface area contributed by atoms with Crippen LogP contribution in [0.1, 0.15) is 6.92 Å². The molecule has 0 fully saturated rings. The summed E-state index contributed by atoms with van der Waals surface area (Å²) in [5, 5.41) is 8.69. The predicted molar refractivity (Wildman–Crippen MR) is 66.1 cm³/mol. The Balaban J connectivity index is 0.00000144. The first kappa shape index (κ1) is 14.5. The van der Waals surface area contributed by atoms with Crippen molar-refractivity contribution in [3.63, 3.8) is 0 Å². The number of para-hydroxylation sites is 1. The predicted octanol–water partition coefficient (Wildman–Crippen LogP) is -0.611. The average Bonchev–Trinajstić information content (AvgIpc) is 2.63.